The average Bonchev–Trinajstić information content (AvgIpc) is 2.37. The first-order valence-electron chi connectivity index (χ1n) is 6.60. The molecule has 0 heterocycles. The largest absolute Gasteiger partial charge is 0.381 e. The van der Waals surface area contributed by atoms with Gasteiger partial charge in [0.15, 0.2) is 0 Å². The van der Waals surface area contributed by atoms with Crippen molar-refractivity contribution in [1.29, 1.82) is 0 Å². The summed E-state index contributed by atoms with van der Waals surface area (Å²) in [4.78, 5) is 0. The molecule has 19 heavy (non-hydrogen) atoms. The number of hydrogen-bond acceptors (Lipinski definition) is 2. The number of benzene rings is 1. The van der Waals surface area contributed by atoms with E-state index in [0.717, 1.165) is 12.0 Å². The van der Waals surface area contributed by atoms with Gasteiger partial charge in [0, 0.05) is 24.6 Å². The van der Waals surface area contributed by atoms with Crippen LogP contribution in [0.4, 0.5) is 0 Å². The van der Waals surface area contributed by atoms with E-state index >= 15 is 0 Å². The van der Waals surface area contributed by atoms with Gasteiger partial charge in [-0.2, -0.15) is 0 Å². The van der Waals surface area contributed by atoms with E-state index in [2.05, 4.69) is 26.1 Å². The highest BCUT2D eigenvalue weighted by Gasteiger charge is 2.48. The van der Waals surface area contributed by atoms with Crippen molar-refractivity contribution in [1.82, 2.24) is 5.32 Å². The Bertz CT molecular complexity index is 461. The van der Waals surface area contributed by atoms with Crippen LogP contribution in [0.25, 0.3) is 0 Å². The van der Waals surface area contributed by atoms with E-state index in [0.29, 0.717) is 22.2 Å². The van der Waals surface area contributed by atoms with Gasteiger partial charge in [0.25, 0.3) is 0 Å². The zero-order chi connectivity index (χ0) is 14.2. The summed E-state index contributed by atoms with van der Waals surface area (Å²) in [6.45, 7) is 6.58. The lowest BCUT2D eigenvalue weighted by molar-refractivity contribution is -0.0999. The maximum Gasteiger partial charge on any atom is 0.0652 e. The lowest BCUT2D eigenvalue weighted by atomic mass is 9.64. The van der Waals surface area contributed by atoms with E-state index in [9.17, 15) is 0 Å². The Balaban J connectivity index is 2.07. The van der Waals surface area contributed by atoms with Crippen LogP contribution in [0.5, 0.6) is 0 Å². The number of halogens is 2. The van der Waals surface area contributed by atoms with Gasteiger partial charge in [0.1, 0.15) is 0 Å². The van der Waals surface area contributed by atoms with Crippen molar-refractivity contribution in [2.45, 2.75) is 45.4 Å². The van der Waals surface area contributed by atoms with E-state index in [1.165, 1.54) is 0 Å². The Hall–Kier alpha value is -0.280. The lowest BCUT2D eigenvalue weighted by Crippen LogP contribution is -2.60. The standard InChI is InChI=1S/C15H21Cl2NO/c1-9(10-6-5-7-11(16)14(10)17)18-12-8-13(19-4)15(12,2)3/h5-7,9,12-13,18H,8H2,1-4H3. The smallest absolute Gasteiger partial charge is 0.0652 e. The summed E-state index contributed by atoms with van der Waals surface area (Å²) in [7, 11) is 1.78. The summed E-state index contributed by atoms with van der Waals surface area (Å²) >= 11 is 12.3. The third-order valence-electron chi connectivity index (χ3n) is 4.36. The maximum atomic E-state index is 6.26. The fraction of sp³-hybridized carbons (Fsp3) is 0.600. The first-order chi connectivity index (χ1) is 8.87. The quantitative estimate of drug-likeness (QED) is 0.886. The maximum absolute atomic E-state index is 6.26. The van der Waals surface area contributed by atoms with Crippen LogP contribution in [-0.2, 0) is 4.74 Å². The Morgan fingerprint density at radius 1 is 1.37 bits per heavy atom. The molecule has 0 aliphatic heterocycles. The Labute approximate surface area is 125 Å². The van der Waals surface area contributed by atoms with Crippen LogP contribution in [-0.4, -0.2) is 19.3 Å². The van der Waals surface area contributed by atoms with Crippen LogP contribution < -0.4 is 5.32 Å². The predicted octanol–water partition coefficient (Wildman–Crippen LogP) is 4.46. The van der Waals surface area contributed by atoms with Crippen LogP contribution in [0.1, 0.15) is 38.8 Å². The molecule has 0 aromatic heterocycles. The SMILES string of the molecule is COC1CC(NC(C)c2cccc(Cl)c2Cl)C1(C)C. The molecular formula is C15H21Cl2NO. The summed E-state index contributed by atoms with van der Waals surface area (Å²) in [5.74, 6) is 0. The van der Waals surface area contributed by atoms with Crippen molar-refractivity contribution >= 4 is 23.2 Å². The predicted molar refractivity (Wildman–Crippen MR) is 81.0 cm³/mol. The molecular weight excluding hydrogens is 281 g/mol. The molecule has 0 radical (unpaired) electrons. The fourth-order valence-electron chi connectivity index (χ4n) is 2.81. The third-order valence-corrected chi connectivity index (χ3v) is 5.19. The Morgan fingerprint density at radius 3 is 2.63 bits per heavy atom. The van der Waals surface area contributed by atoms with Crippen LogP contribution in [0.15, 0.2) is 18.2 Å². The number of hydrogen-bond donors (Lipinski definition) is 1. The zero-order valence-electron chi connectivity index (χ0n) is 11.8. The van der Waals surface area contributed by atoms with Crippen molar-refractivity contribution in [3.63, 3.8) is 0 Å². The van der Waals surface area contributed by atoms with E-state index < -0.39 is 0 Å². The zero-order valence-corrected chi connectivity index (χ0v) is 13.3. The van der Waals surface area contributed by atoms with Gasteiger partial charge in [-0.05, 0) is 25.0 Å². The van der Waals surface area contributed by atoms with Crippen molar-refractivity contribution in [2.75, 3.05) is 7.11 Å². The Morgan fingerprint density at radius 2 is 2.05 bits per heavy atom. The van der Waals surface area contributed by atoms with Gasteiger partial charge in [-0.15, -0.1) is 0 Å². The number of ether oxygens (including phenoxy) is 1. The van der Waals surface area contributed by atoms with Gasteiger partial charge in [0.05, 0.1) is 16.1 Å². The monoisotopic (exact) mass is 301 g/mol. The first-order valence-corrected chi connectivity index (χ1v) is 7.36. The van der Waals surface area contributed by atoms with Crippen LogP contribution in [0.3, 0.4) is 0 Å². The summed E-state index contributed by atoms with van der Waals surface area (Å²) in [5, 5.41) is 4.88. The highest BCUT2D eigenvalue weighted by molar-refractivity contribution is 6.42. The normalized spacial score (nSPS) is 26.8. The second-order valence-corrected chi connectivity index (χ2v) is 6.65. The molecule has 4 heteroatoms. The molecule has 106 valence electrons. The van der Waals surface area contributed by atoms with Gasteiger partial charge in [0.2, 0.25) is 0 Å². The molecule has 0 spiro atoms. The van der Waals surface area contributed by atoms with Gasteiger partial charge < -0.3 is 10.1 Å². The molecule has 1 fully saturated rings. The van der Waals surface area contributed by atoms with Gasteiger partial charge >= 0.3 is 0 Å². The molecule has 3 unspecified atom stereocenters. The highest BCUT2D eigenvalue weighted by Crippen LogP contribution is 2.43. The fourth-order valence-corrected chi connectivity index (χ4v) is 3.29. The molecule has 0 amide bonds. The average molecular weight is 302 g/mol. The first kappa shape index (κ1) is 15.1. The second-order valence-electron chi connectivity index (χ2n) is 5.87. The molecule has 2 nitrogen and oxygen atoms in total. The molecule has 1 saturated carbocycles. The summed E-state index contributed by atoms with van der Waals surface area (Å²) in [6.07, 6.45) is 1.36. The molecule has 1 aliphatic rings. The van der Waals surface area contributed by atoms with Crippen LogP contribution >= 0.6 is 23.2 Å². The van der Waals surface area contributed by atoms with E-state index in [1.54, 1.807) is 7.11 Å². The molecule has 1 aromatic rings. The summed E-state index contributed by atoms with van der Waals surface area (Å²) in [6, 6.07) is 6.38. The van der Waals surface area contributed by atoms with Gasteiger partial charge in [-0.25, -0.2) is 0 Å². The molecule has 1 aromatic carbocycles. The molecule has 0 bridgehead atoms. The van der Waals surface area contributed by atoms with E-state index in [1.807, 2.05) is 18.2 Å². The molecule has 3 atom stereocenters. The molecule has 1 aliphatic carbocycles. The minimum atomic E-state index is 0.147. The highest BCUT2D eigenvalue weighted by atomic mass is 35.5. The topological polar surface area (TPSA) is 21.3 Å². The van der Waals surface area contributed by atoms with Crippen molar-refractivity contribution in [2.24, 2.45) is 5.41 Å². The van der Waals surface area contributed by atoms with Gasteiger partial charge in [-0.3, -0.25) is 0 Å². The minimum Gasteiger partial charge on any atom is -0.381 e. The lowest BCUT2D eigenvalue weighted by Gasteiger charge is -2.52. The van der Waals surface area contributed by atoms with E-state index in [4.69, 9.17) is 27.9 Å². The summed E-state index contributed by atoms with van der Waals surface area (Å²) < 4.78 is 5.47. The molecule has 0 saturated heterocycles. The third kappa shape index (κ3) is 2.78. The number of nitrogens with one attached hydrogen (secondary N) is 1. The minimum absolute atomic E-state index is 0.147. The van der Waals surface area contributed by atoms with Crippen molar-refractivity contribution in [3.8, 4) is 0 Å². The molecule has 1 N–H and O–H groups in total. The number of rotatable bonds is 4. The van der Waals surface area contributed by atoms with Crippen LogP contribution in [0, 0.1) is 5.41 Å². The Kier molecular flexibility index (Phi) is 4.46. The van der Waals surface area contributed by atoms with E-state index in [-0.39, 0.29) is 11.5 Å². The van der Waals surface area contributed by atoms with Crippen LogP contribution in [0.2, 0.25) is 10.0 Å². The van der Waals surface area contributed by atoms with Crippen molar-refractivity contribution in [3.05, 3.63) is 33.8 Å². The van der Waals surface area contributed by atoms with Gasteiger partial charge in [-0.1, -0.05) is 49.2 Å². The van der Waals surface area contributed by atoms with Crippen molar-refractivity contribution < 1.29 is 4.74 Å². The summed E-state index contributed by atoms with van der Waals surface area (Å²) in [5.41, 5.74) is 1.19. The number of methoxy groups -OCH3 is 1. The molecule has 2 rings (SSSR count). The second kappa shape index (κ2) is 5.61.